The summed E-state index contributed by atoms with van der Waals surface area (Å²) >= 11 is 0. The summed E-state index contributed by atoms with van der Waals surface area (Å²) < 4.78 is 5.59. The van der Waals surface area contributed by atoms with Crippen LogP contribution in [0.5, 0.6) is 5.88 Å². The van der Waals surface area contributed by atoms with Crippen molar-refractivity contribution in [2.45, 2.75) is 46.8 Å². The minimum atomic E-state index is -0.166. The van der Waals surface area contributed by atoms with Crippen LogP contribution >= 0.6 is 0 Å². The molecular weight excluding hydrogens is 446 g/mol. The van der Waals surface area contributed by atoms with E-state index < -0.39 is 0 Å². The van der Waals surface area contributed by atoms with Gasteiger partial charge < -0.3 is 25.2 Å². The van der Waals surface area contributed by atoms with Crippen LogP contribution in [0.4, 0.5) is 22.4 Å². The molecule has 3 N–H and O–H groups in total. The third-order valence-corrected chi connectivity index (χ3v) is 5.61. The molecule has 11 heteroatoms. The number of hydrogen-bond donors (Lipinski definition) is 3. The van der Waals surface area contributed by atoms with Crippen LogP contribution in [0, 0.1) is 13.8 Å². The van der Waals surface area contributed by atoms with Crippen molar-refractivity contribution in [3.05, 3.63) is 47.4 Å². The van der Waals surface area contributed by atoms with E-state index >= 15 is 0 Å². The van der Waals surface area contributed by atoms with Crippen LogP contribution in [0.25, 0.3) is 0 Å². The van der Waals surface area contributed by atoms with Crippen molar-refractivity contribution < 1.29 is 9.53 Å². The summed E-state index contributed by atoms with van der Waals surface area (Å²) in [4.78, 5) is 30.3. The number of aromatic amines is 1. The fourth-order valence-corrected chi connectivity index (χ4v) is 3.80. The fourth-order valence-electron chi connectivity index (χ4n) is 3.80. The lowest BCUT2D eigenvalue weighted by Crippen LogP contribution is -2.52. The zero-order valence-corrected chi connectivity index (χ0v) is 20.9. The normalized spacial score (nSPS) is 14.7. The highest BCUT2D eigenvalue weighted by Gasteiger charge is 2.24. The smallest absolute Gasteiger partial charge is 0.317 e. The Bertz CT molecular complexity index is 1140. The van der Waals surface area contributed by atoms with E-state index in [9.17, 15) is 4.79 Å². The van der Waals surface area contributed by atoms with Crippen LogP contribution in [0.2, 0.25) is 0 Å². The van der Waals surface area contributed by atoms with Crippen molar-refractivity contribution in [1.82, 2.24) is 35.4 Å². The highest BCUT2D eigenvalue weighted by atomic mass is 16.5. The van der Waals surface area contributed by atoms with Crippen molar-refractivity contribution in [2.75, 3.05) is 36.4 Å². The molecule has 4 rings (SSSR count). The molecule has 3 aromatic heterocycles. The molecular formula is C24H33N9O2. The number of nitrogens with zero attached hydrogens (tertiary/aromatic N) is 6. The summed E-state index contributed by atoms with van der Waals surface area (Å²) in [5.74, 6) is 2.61. The van der Waals surface area contributed by atoms with Gasteiger partial charge in [0.2, 0.25) is 11.8 Å². The molecule has 1 aliphatic heterocycles. The molecule has 11 nitrogen and oxygen atoms in total. The molecule has 0 bridgehead atoms. The molecule has 4 heterocycles. The number of nitrogens with one attached hydrogen (secondary N) is 3. The van der Waals surface area contributed by atoms with Gasteiger partial charge in [0.05, 0.1) is 12.1 Å². The standard InChI is InChI=1S/C24H33N9O2/c1-15(2)35-22-7-6-19(14-25-22)18(5)27-24(34)33-10-8-32(9-11-33)23-26-16(3)12-20(29-23)28-21-13-17(4)30-31-21/h6-7,12-15,18H,8-11H2,1-5H3,(H,27,34)(H2,26,28,29,30,31)/t18-/m0/s1. The minimum Gasteiger partial charge on any atom is -0.475 e. The van der Waals surface area contributed by atoms with Crippen molar-refractivity contribution in [3.63, 3.8) is 0 Å². The predicted octanol–water partition coefficient (Wildman–Crippen LogP) is 3.34. The molecule has 1 saturated heterocycles. The van der Waals surface area contributed by atoms with Gasteiger partial charge in [-0.15, -0.1) is 0 Å². The average molecular weight is 480 g/mol. The number of carbonyl (C=O) groups excluding carboxylic acids is 1. The number of aromatic nitrogens is 5. The molecule has 0 aliphatic carbocycles. The monoisotopic (exact) mass is 479 g/mol. The molecule has 1 aliphatic rings. The average Bonchev–Trinajstić information content (AvgIpc) is 3.23. The quantitative estimate of drug-likeness (QED) is 0.471. The summed E-state index contributed by atoms with van der Waals surface area (Å²) in [5, 5.41) is 13.4. The molecule has 0 spiro atoms. The number of urea groups is 1. The van der Waals surface area contributed by atoms with E-state index in [-0.39, 0.29) is 18.2 Å². The minimum absolute atomic E-state index is 0.0672. The molecule has 1 atom stereocenters. The lowest BCUT2D eigenvalue weighted by atomic mass is 10.1. The molecule has 3 aromatic rings. The first-order valence-corrected chi connectivity index (χ1v) is 11.8. The maximum atomic E-state index is 12.9. The van der Waals surface area contributed by atoms with E-state index in [1.54, 1.807) is 6.20 Å². The molecule has 35 heavy (non-hydrogen) atoms. The highest BCUT2D eigenvalue weighted by Crippen LogP contribution is 2.20. The van der Waals surface area contributed by atoms with E-state index in [1.807, 2.05) is 63.8 Å². The van der Waals surface area contributed by atoms with E-state index in [0.717, 1.165) is 17.0 Å². The number of pyridine rings is 1. The summed E-state index contributed by atoms with van der Waals surface area (Å²) in [5.41, 5.74) is 2.75. The van der Waals surface area contributed by atoms with Crippen LogP contribution in [0.3, 0.4) is 0 Å². The second kappa shape index (κ2) is 10.6. The summed E-state index contributed by atoms with van der Waals surface area (Å²) in [6.07, 6.45) is 1.81. The SMILES string of the molecule is Cc1cc(Nc2cc(C)[nH]n2)nc(N2CCN(C(=O)N[C@@H](C)c3ccc(OC(C)C)nc3)CC2)n1. The van der Waals surface area contributed by atoms with E-state index in [4.69, 9.17) is 4.74 Å². The summed E-state index contributed by atoms with van der Waals surface area (Å²) in [7, 11) is 0. The zero-order valence-electron chi connectivity index (χ0n) is 20.9. The number of aryl methyl sites for hydroxylation is 2. The number of ether oxygens (including phenoxy) is 1. The van der Waals surface area contributed by atoms with E-state index in [0.29, 0.717) is 49.6 Å². The van der Waals surface area contributed by atoms with Gasteiger partial charge in [-0.05, 0) is 40.2 Å². The van der Waals surface area contributed by atoms with Crippen LogP contribution in [-0.4, -0.2) is 68.4 Å². The largest absolute Gasteiger partial charge is 0.475 e. The molecule has 0 saturated carbocycles. The number of piperazine rings is 1. The van der Waals surface area contributed by atoms with Crippen molar-refractivity contribution in [2.24, 2.45) is 0 Å². The molecule has 186 valence electrons. The number of carbonyl (C=O) groups is 1. The van der Waals surface area contributed by atoms with Gasteiger partial charge >= 0.3 is 6.03 Å². The van der Waals surface area contributed by atoms with Crippen molar-refractivity contribution in [1.29, 1.82) is 0 Å². The van der Waals surface area contributed by atoms with Crippen molar-refractivity contribution in [3.8, 4) is 5.88 Å². The molecule has 0 unspecified atom stereocenters. The van der Waals surface area contributed by atoms with Crippen LogP contribution in [0.15, 0.2) is 30.5 Å². The van der Waals surface area contributed by atoms with E-state index in [2.05, 4.69) is 40.7 Å². The van der Waals surface area contributed by atoms with Gasteiger partial charge in [-0.1, -0.05) is 6.07 Å². The topological polar surface area (TPSA) is 124 Å². The van der Waals surface area contributed by atoms with Gasteiger partial charge in [-0.25, -0.2) is 14.8 Å². The Labute approximate surface area is 205 Å². The first-order valence-electron chi connectivity index (χ1n) is 11.8. The number of H-pyrrole nitrogens is 1. The number of anilines is 3. The first kappa shape index (κ1) is 24.2. The van der Waals surface area contributed by atoms with Gasteiger partial charge in [-0.3, -0.25) is 5.10 Å². The van der Waals surface area contributed by atoms with Gasteiger partial charge in [0.15, 0.2) is 5.82 Å². The molecule has 2 amide bonds. The summed E-state index contributed by atoms with van der Waals surface area (Å²) in [6.45, 7) is 12.2. The number of hydrogen-bond acceptors (Lipinski definition) is 8. The number of amides is 2. The Morgan fingerprint density at radius 3 is 2.46 bits per heavy atom. The Morgan fingerprint density at radius 2 is 1.83 bits per heavy atom. The van der Waals surface area contributed by atoms with Gasteiger partial charge in [-0.2, -0.15) is 10.1 Å². The Morgan fingerprint density at radius 1 is 1.06 bits per heavy atom. The van der Waals surface area contributed by atoms with Crippen molar-refractivity contribution >= 4 is 23.6 Å². The lowest BCUT2D eigenvalue weighted by Gasteiger charge is -2.35. The van der Waals surface area contributed by atoms with E-state index in [1.165, 1.54) is 0 Å². The third kappa shape index (κ3) is 6.37. The maximum absolute atomic E-state index is 12.9. The van der Waals surface area contributed by atoms with Crippen LogP contribution < -0.4 is 20.3 Å². The highest BCUT2D eigenvalue weighted by molar-refractivity contribution is 5.75. The summed E-state index contributed by atoms with van der Waals surface area (Å²) in [6, 6.07) is 7.30. The zero-order chi connectivity index (χ0) is 24.9. The lowest BCUT2D eigenvalue weighted by molar-refractivity contribution is 0.191. The second-order valence-corrected chi connectivity index (χ2v) is 9.00. The maximum Gasteiger partial charge on any atom is 0.317 e. The van der Waals surface area contributed by atoms with Gasteiger partial charge in [0, 0.05) is 62.0 Å². The second-order valence-electron chi connectivity index (χ2n) is 9.00. The molecule has 0 radical (unpaired) electrons. The van der Waals surface area contributed by atoms with Crippen LogP contribution in [0.1, 0.15) is 43.8 Å². The number of rotatable bonds is 7. The molecule has 0 aromatic carbocycles. The fraction of sp³-hybridized carbons (Fsp3) is 0.458. The Kier molecular flexibility index (Phi) is 7.33. The Balaban J connectivity index is 1.31. The van der Waals surface area contributed by atoms with Gasteiger partial charge in [0.25, 0.3) is 0 Å². The van der Waals surface area contributed by atoms with Crippen LogP contribution in [-0.2, 0) is 0 Å². The Hall–Kier alpha value is -3.89. The first-order chi connectivity index (χ1) is 16.8. The third-order valence-electron chi connectivity index (χ3n) is 5.61. The molecule has 1 fully saturated rings. The van der Waals surface area contributed by atoms with Gasteiger partial charge in [0.1, 0.15) is 5.82 Å². The predicted molar refractivity (Wildman–Crippen MR) is 134 cm³/mol.